The molecule has 0 atom stereocenters. The molecule has 0 aliphatic heterocycles. The van der Waals surface area contributed by atoms with Gasteiger partial charge in [0.05, 0.1) is 11.4 Å². The second-order valence-corrected chi connectivity index (χ2v) is 8.82. The fourth-order valence-corrected chi connectivity index (χ4v) is 4.28. The van der Waals surface area contributed by atoms with Crippen molar-refractivity contribution in [3.05, 3.63) is 75.5 Å². The molecular weight excluding hydrogens is 388 g/mol. The van der Waals surface area contributed by atoms with E-state index in [1.54, 1.807) is 17.8 Å². The standard InChI is InChI=1S/C22H22N2O2S2/c1-14-4-7-19(12-15(14)2)27-18-8-5-17(6-9-18)24-22(26)21-11-10-20(28-21)13-23-16(3)25/h4-12H,13H2,1-3H3,(H,23,25)(H,24,26). The molecule has 0 unspecified atom stereocenters. The number of nitrogens with one attached hydrogen (secondary N) is 2. The van der Waals surface area contributed by atoms with Crippen LogP contribution in [0.2, 0.25) is 0 Å². The van der Waals surface area contributed by atoms with Crippen molar-refractivity contribution in [3.63, 3.8) is 0 Å². The molecule has 4 nitrogen and oxygen atoms in total. The summed E-state index contributed by atoms with van der Waals surface area (Å²) < 4.78 is 0. The maximum Gasteiger partial charge on any atom is 0.265 e. The van der Waals surface area contributed by atoms with Crippen LogP contribution in [0.5, 0.6) is 0 Å². The summed E-state index contributed by atoms with van der Waals surface area (Å²) >= 11 is 3.08. The van der Waals surface area contributed by atoms with Gasteiger partial charge in [0.2, 0.25) is 5.91 Å². The molecule has 3 rings (SSSR count). The SMILES string of the molecule is CC(=O)NCc1ccc(C(=O)Nc2ccc(Sc3ccc(C)c(C)c3)cc2)s1. The van der Waals surface area contributed by atoms with Crippen LogP contribution < -0.4 is 10.6 Å². The number of carbonyl (C=O) groups is 2. The molecule has 2 aromatic carbocycles. The third-order valence-electron chi connectivity index (χ3n) is 4.22. The van der Waals surface area contributed by atoms with Gasteiger partial charge in [0, 0.05) is 27.3 Å². The molecule has 0 fully saturated rings. The van der Waals surface area contributed by atoms with E-state index in [9.17, 15) is 9.59 Å². The highest BCUT2D eigenvalue weighted by Crippen LogP contribution is 2.30. The first-order valence-electron chi connectivity index (χ1n) is 8.90. The lowest BCUT2D eigenvalue weighted by Gasteiger charge is -2.07. The van der Waals surface area contributed by atoms with Gasteiger partial charge in [0.25, 0.3) is 5.91 Å². The zero-order chi connectivity index (χ0) is 20.1. The van der Waals surface area contributed by atoms with Crippen LogP contribution >= 0.6 is 23.1 Å². The Morgan fingerprint density at radius 2 is 1.64 bits per heavy atom. The molecule has 0 radical (unpaired) electrons. The van der Waals surface area contributed by atoms with E-state index in [0.717, 1.165) is 15.5 Å². The van der Waals surface area contributed by atoms with Crippen molar-refractivity contribution in [3.8, 4) is 0 Å². The quantitative estimate of drug-likeness (QED) is 0.572. The van der Waals surface area contributed by atoms with Crippen LogP contribution in [-0.4, -0.2) is 11.8 Å². The maximum atomic E-state index is 12.4. The van der Waals surface area contributed by atoms with Crippen LogP contribution in [0.4, 0.5) is 5.69 Å². The van der Waals surface area contributed by atoms with E-state index in [0.29, 0.717) is 11.4 Å². The number of thiophene rings is 1. The fourth-order valence-electron chi connectivity index (χ4n) is 2.52. The zero-order valence-corrected chi connectivity index (χ0v) is 17.7. The van der Waals surface area contributed by atoms with Gasteiger partial charge in [-0.05, 0) is 73.5 Å². The van der Waals surface area contributed by atoms with Crippen LogP contribution in [0, 0.1) is 13.8 Å². The predicted octanol–water partition coefficient (Wildman–Crippen LogP) is 5.40. The topological polar surface area (TPSA) is 58.2 Å². The Balaban J connectivity index is 1.59. The highest BCUT2D eigenvalue weighted by atomic mass is 32.2. The minimum Gasteiger partial charge on any atom is -0.351 e. The van der Waals surface area contributed by atoms with E-state index in [1.807, 2.05) is 30.3 Å². The van der Waals surface area contributed by atoms with Crippen molar-refractivity contribution < 1.29 is 9.59 Å². The Hall–Kier alpha value is -2.57. The van der Waals surface area contributed by atoms with E-state index in [4.69, 9.17) is 0 Å². The highest BCUT2D eigenvalue weighted by molar-refractivity contribution is 7.99. The average Bonchev–Trinajstić information content (AvgIpc) is 3.14. The molecule has 0 spiro atoms. The molecule has 0 bridgehead atoms. The van der Waals surface area contributed by atoms with E-state index in [1.165, 1.54) is 34.3 Å². The smallest absolute Gasteiger partial charge is 0.265 e. The lowest BCUT2D eigenvalue weighted by Crippen LogP contribution is -2.18. The van der Waals surface area contributed by atoms with Crippen molar-refractivity contribution in [2.75, 3.05) is 5.32 Å². The summed E-state index contributed by atoms with van der Waals surface area (Å²) in [7, 11) is 0. The molecule has 2 amide bonds. The first-order valence-corrected chi connectivity index (χ1v) is 10.5. The molecule has 1 heterocycles. The molecule has 28 heavy (non-hydrogen) atoms. The van der Waals surface area contributed by atoms with Crippen LogP contribution in [0.25, 0.3) is 0 Å². The van der Waals surface area contributed by atoms with Gasteiger partial charge in [0.1, 0.15) is 0 Å². The van der Waals surface area contributed by atoms with Gasteiger partial charge >= 0.3 is 0 Å². The third-order valence-corrected chi connectivity index (χ3v) is 6.30. The number of aryl methyl sites for hydroxylation is 2. The van der Waals surface area contributed by atoms with Gasteiger partial charge in [-0.2, -0.15) is 0 Å². The Bertz CT molecular complexity index is 994. The number of rotatable bonds is 6. The lowest BCUT2D eigenvalue weighted by molar-refractivity contribution is -0.119. The first-order chi connectivity index (χ1) is 13.4. The Morgan fingerprint density at radius 1 is 0.929 bits per heavy atom. The van der Waals surface area contributed by atoms with Crippen LogP contribution in [-0.2, 0) is 11.3 Å². The number of carbonyl (C=O) groups excluding carboxylic acids is 2. The third kappa shape index (κ3) is 5.47. The normalized spacial score (nSPS) is 10.5. The largest absolute Gasteiger partial charge is 0.351 e. The highest BCUT2D eigenvalue weighted by Gasteiger charge is 2.10. The number of hydrogen-bond donors (Lipinski definition) is 2. The van der Waals surface area contributed by atoms with Gasteiger partial charge in [-0.1, -0.05) is 17.8 Å². The van der Waals surface area contributed by atoms with E-state index < -0.39 is 0 Å². The molecule has 2 N–H and O–H groups in total. The summed E-state index contributed by atoms with van der Waals surface area (Å²) in [5, 5.41) is 5.65. The Kier molecular flexibility index (Phi) is 6.54. The summed E-state index contributed by atoms with van der Waals surface area (Å²) in [6, 6.07) is 17.9. The second-order valence-electron chi connectivity index (χ2n) is 6.50. The van der Waals surface area contributed by atoms with E-state index in [-0.39, 0.29) is 11.8 Å². The number of amides is 2. The molecule has 0 aliphatic rings. The molecule has 0 saturated carbocycles. The Morgan fingerprint density at radius 3 is 2.32 bits per heavy atom. The summed E-state index contributed by atoms with van der Waals surface area (Å²) in [6.45, 7) is 6.14. The molecule has 6 heteroatoms. The van der Waals surface area contributed by atoms with Crippen LogP contribution in [0.3, 0.4) is 0 Å². The molecular formula is C22H22N2O2S2. The van der Waals surface area contributed by atoms with Crippen molar-refractivity contribution in [2.45, 2.75) is 37.1 Å². The number of anilines is 1. The van der Waals surface area contributed by atoms with Crippen LogP contribution in [0.15, 0.2) is 64.4 Å². The van der Waals surface area contributed by atoms with Gasteiger partial charge < -0.3 is 10.6 Å². The second kappa shape index (κ2) is 9.08. The van der Waals surface area contributed by atoms with Crippen molar-refractivity contribution in [2.24, 2.45) is 0 Å². The fraction of sp³-hybridized carbons (Fsp3) is 0.182. The molecule has 0 aliphatic carbocycles. The van der Waals surface area contributed by atoms with Crippen LogP contribution in [0.1, 0.15) is 32.6 Å². The Labute approximate surface area is 173 Å². The summed E-state index contributed by atoms with van der Waals surface area (Å²) in [4.78, 5) is 27.3. The minimum absolute atomic E-state index is 0.0850. The van der Waals surface area contributed by atoms with Gasteiger partial charge in [-0.15, -0.1) is 11.3 Å². The number of benzene rings is 2. The molecule has 0 saturated heterocycles. The minimum atomic E-state index is -0.145. The van der Waals surface area contributed by atoms with Gasteiger partial charge in [-0.3, -0.25) is 9.59 Å². The maximum absolute atomic E-state index is 12.4. The van der Waals surface area contributed by atoms with Crippen molar-refractivity contribution >= 4 is 40.6 Å². The average molecular weight is 411 g/mol. The van der Waals surface area contributed by atoms with Crippen molar-refractivity contribution in [1.29, 1.82) is 0 Å². The summed E-state index contributed by atoms with van der Waals surface area (Å²) in [5.41, 5.74) is 3.32. The van der Waals surface area contributed by atoms with E-state index >= 15 is 0 Å². The number of hydrogen-bond acceptors (Lipinski definition) is 4. The summed E-state index contributed by atoms with van der Waals surface area (Å²) in [6.07, 6.45) is 0. The van der Waals surface area contributed by atoms with Crippen molar-refractivity contribution in [1.82, 2.24) is 5.32 Å². The predicted molar refractivity (Wildman–Crippen MR) is 116 cm³/mol. The van der Waals surface area contributed by atoms with Gasteiger partial charge in [0.15, 0.2) is 0 Å². The van der Waals surface area contributed by atoms with E-state index in [2.05, 4.69) is 42.7 Å². The molecule has 1 aromatic heterocycles. The zero-order valence-electron chi connectivity index (χ0n) is 16.0. The molecule has 3 aromatic rings. The lowest BCUT2D eigenvalue weighted by atomic mass is 10.1. The van der Waals surface area contributed by atoms with Gasteiger partial charge in [-0.25, -0.2) is 0 Å². The molecule has 144 valence electrons. The first kappa shape index (κ1) is 20.2. The monoisotopic (exact) mass is 410 g/mol. The summed E-state index contributed by atoms with van der Waals surface area (Å²) in [5.74, 6) is -0.230.